The summed E-state index contributed by atoms with van der Waals surface area (Å²) in [4.78, 5) is 6.17. The fourth-order valence-electron chi connectivity index (χ4n) is 6.36. The summed E-state index contributed by atoms with van der Waals surface area (Å²) in [5.74, 6) is 0. The molecular weight excluding hydrogens is 541 g/mol. The summed E-state index contributed by atoms with van der Waals surface area (Å²) < 4.78 is 3.51. The molecule has 0 saturated heterocycles. The van der Waals surface area contributed by atoms with Crippen molar-refractivity contribution in [2.75, 3.05) is 0 Å². The molecule has 43 heavy (non-hydrogen) atoms. The molecule has 0 N–H and O–H groups in total. The second-order valence-corrected chi connectivity index (χ2v) is 11.8. The molecule has 3 heteroatoms. The third-order valence-corrected chi connectivity index (χ3v) is 9.48. The van der Waals surface area contributed by atoms with Crippen LogP contribution in [0.5, 0.6) is 0 Å². The summed E-state index contributed by atoms with van der Waals surface area (Å²) >= 11 is 1.80. The first-order valence-electron chi connectivity index (χ1n) is 14.5. The first-order chi connectivity index (χ1) is 21.2. The van der Waals surface area contributed by atoms with Crippen molar-refractivity contribution in [3.63, 3.8) is 0 Å². The molecule has 204 valence electrons. The topological polar surface area (TPSA) is 17.3 Å². The molecule has 0 aliphatic carbocycles. The third-order valence-electron chi connectivity index (χ3n) is 8.32. The molecule has 3 aromatic heterocycles. The molecule has 0 saturated carbocycles. The van der Waals surface area contributed by atoms with E-state index in [0.29, 0.717) is 0 Å². The van der Waals surface area contributed by atoms with Gasteiger partial charge in [-0.25, -0.2) is 4.98 Å². The van der Waals surface area contributed by atoms with E-state index in [2.05, 4.69) is 145 Å². The molecule has 0 atom stereocenters. The van der Waals surface area contributed by atoms with Gasteiger partial charge in [0.05, 0.1) is 0 Å². The van der Waals surface area contributed by atoms with Crippen molar-refractivity contribution >= 4 is 64.5 Å². The molecule has 0 fully saturated rings. The lowest BCUT2D eigenvalue weighted by Gasteiger charge is -2.19. The maximum Gasteiger partial charge on any atom is 0.138 e. The number of hydrogen-bond donors (Lipinski definition) is 0. The van der Waals surface area contributed by atoms with Gasteiger partial charge in [-0.2, -0.15) is 0 Å². The molecular formula is C40H28N2S. The van der Waals surface area contributed by atoms with Crippen molar-refractivity contribution in [3.8, 4) is 22.3 Å². The van der Waals surface area contributed by atoms with Gasteiger partial charge in [0.25, 0.3) is 0 Å². The van der Waals surface area contributed by atoms with Crippen molar-refractivity contribution in [1.29, 1.82) is 0 Å². The molecule has 8 rings (SSSR count). The van der Waals surface area contributed by atoms with Gasteiger partial charge in [0.1, 0.15) is 16.0 Å². The van der Waals surface area contributed by atoms with Crippen molar-refractivity contribution < 1.29 is 0 Å². The lowest BCUT2D eigenvalue weighted by atomic mass is 9.84. The molecule has 0 radical (unpaired) electrons. The zero-order chi connectivity index (χ0) is 28.9. The predicted octanol–water partition coefficient (Wildman–Crippen LogP) is 11.5. The van der Waals surface area contributed by atoms with Crippen molar-refractivity contribution in [1.82, 2.24) is 9.38 Å². The zero-order valence-electron chi connectivity index (χ0n) is 23.8. The van der Waals surface area contributed by atoms with Crippen LogP contribution in [0.3, 0.4) is 0 Å². The lowest BCUT2D eigenvalue weighted by Crippen LogP contribution is -1.94. The zero-order valence-corrected chi connectivity index (χ0v) is 24.6. The molecule has 2 nitrogen and oxygen atoms in total. The Labute approximate surface area is 254 Å². The van der Waals surface area contributed by atoms with Gasteiger partial charge in [-0.15, -0.1) is 11.3 Å². The summed E-state index contributed by atoms with van der Waals surface area (Å²) in [5, 5.41) is 6.12. The van der Waals surface area contributed by atoms with Crippen LogP contribution in [0, 0.1) is 0 Å². The Morgan fingerprint density at radius 1 is 0.721 bits per heavy atom. The van der Waals surface area contributed by atoms with Crippen LogP contribution in [0.15, 0.2) is 146 Å². The fourth-order valence-corrected chi connectivity index (χ4v) is 7.49. The Morgan fingerprint density at radius 2 is 1.44 bits per heavy atom. The molecule has 3 heterocycles. The monoisotopic (exact) mass is 568 g/mol. The van der Waals surface area contributed by atoms with Crippen LogP contribution in [0.25, 0.3) is 75.5 Å². The highest BCUT2D eigenvalue weighted by Crippen LogP contribution is 2.43. The Balaban J connectivity index is 1.44. The van der Waals surface area contributed by atoms with E-state index < -0.39 is 0 Å². The number of fused-ring (bicyclic) bond motifs is 7. The average Bonchev–Trinajstić information content (AvgIpc) is 3.60. The van der Waals surface area contributed by atoms with Gasteiger partial charge in [0.15, 0.2) is 0 Å². The smallest absolute Gasteiger partial charge is 0.138 e. The number of benzene rings is 5. The molecule has 0 spiro atoms. The minimum absolute atomic E-state index is 0.970. The number of aromatic nitrogens is 2. The lowest BCUT2D eigenvalue weighted by molar-refractivity contribution is 1.24. The van der Waals surface area contributed by atoms with Gasteiger partial charge in [-0.05, 0) is 86.1 Å². The number of imidazole rings is 1. The molecule has 0 aliphatic heterocycles. The maximum absolute atomic E-state index is 4.99. The van der Waals surface area contributed by atoms with E-state index >= 15 is 0 Å². The van der Waals surface area contributed by atoms with E-state index in [9.17, 15) is 0 Å². The number of rotatable bonds is 5. The molecule has 0 amide bonds. The van der Waals surface area contributed by atoms with Crippen LogP contribution >= 0.6 is 11.3 Å². The predicted molar refractivity (Wildman–Crippen MR) is 187 cm³/mol. The second-order valence-electron chi connectivity index (χ2n) is 10.8. The molecule has 0 bridgehead atoms. The van der Waals surface area contributed by atoms with Crippen LogP contribution in [-0.2, 0) is 0 Å². The minimum atomic E-state index is 0.970. The van der Waals surface area contributed by atoms with Gasteiger partial charge >= 0.3 is 0 Å². The average molecular weight is 569 g/mol. The SMILES string of the molecule is C=C/C(=C\C=C/C)c1c2ccccc2c(-c2ccccc2)c2ccc(-c3ccc4nc5c6ccccc6sc5n4c3)cc12. The summed E-state index contributed by atoms with van der Waals surface area (Å²) in [6.07, 6.45) is 10.5. The Hall–Kier alpha value is -5.25. The Bertz CT molecular complexity index is 2420. The quantitative estimate of drug-likeness (QED) is 0.149. The fraction of sp³-hybridized carbons (Fsp3) is 0.0250. The van der Waals surface area contributed by atoms with Gasteiger partial charge in [-0.1, -0.05) is 116 Å². The largest absolute Gasteiger partial charge is 0.290 e. The first kappa shape index (κ1) is 25.5. The molecule has 5 aromatic carbocycles. The molecule has 8 aromatic rings. The summed E-state index contributed by atoms with van der Waals surface area (Å²) in [6, 6.07) is 39.3. The molecule has 0 unspecified atom stereocenters. The van der Waals surface area contributed by atoms with Crippen molar-refractivity contribution in [3.05, 3.63) is 152 Å². The third kappa shape index (κ3) is 4.04. The first-order valence-corrected chi connectivity index (χ1v) is 15.4. The number of hydrogen-bond acceptors (Lipinski definition) is 2. The van der Waals surface area contributed by atoms with Crippen LogP contribution in [0.4, 0.5) is 0 Å². The van der Waals surface area contributed by atoms with E-state index in [1.165, 1.54) is 58.7 Å². The van der Waals surface area contributed by atoms with E-state index in [-0.39, 0.29) is 0 Å². The van der Waals surface area contributed by atoms with Crippen LogP contribution in [0.2, 0.25) is 0 Å². The van der Waals surface area contributed by atoms with Crippen LogP contribution in [0.1, 0.15) is 12.5 Å². The maximum atomic E-state index is 4.99. The van der Waals surface area contributed by atoms with Gasteiger partial charge in [-0.3, -0.25) is 4.40 Å². The highest BCUT2D eigenvalue weighted by atomic mass is 32.1. The summed E-state index contributed by atoms with van der Waals surface area (Å²) in [6.45, 7) is 6.27. The van der Waals surface area contributed by atoms with Crippen molar-refractivity contribution in [2.24, 2.45) is 0 Å². The highest BCUT2D eigenvalue weighted by Gasteiger charge is 2.18. The van der Waals surface area contributed by atoms with Gasteiger partial charge < -0.3 is 0 Å². The van der Waals surface area contributed by atoms with Crippen LogP contribution < -0.4 is 0 Å². The number of pyridine rings is 1. The van der Waals surface area contributed by atoms with Gasteiger partial charge in [0.2, 0.25) is 0 Å². The highest BCUT2D eigenvalue weighted by molar-refractivity contribution is 7.25. The summed E-state index contributed by atoms with van der Waals surface area (Å²) in [7, 11) is 0. The normalized spacial score (nSPS) is 12.4. The molecule has 0 aliphatic rings. The van der Waals surface area contributed by atoms with E-state index in [1.54, 1.807) is 11.3 Å². The van der Waals surface area contributed by atoms with E-state index in [1.807, 2.05) is 13.0 Å². The number of thiophene rings is 1. The number of allylic oxidation sites excluding steroid dienone is 5. The minimum Gasteiger partial charge on any atom is -0.290 e. The van der Waals surface area contributed by atoms with Gasteiger partial charge in [0, 0.05) is 16.3 Å². The second kappa shape index (κ2) is 10.2. The standard InChI is InChI=1S/C40H28N2S/c1-3-5-13-26(4-2)37-30-16-9-10-17-31(30)38(27-14-7-6-8-15-27)32-22-20-28(24-34(32)37)29-21-23-36-41-39-33-18-11-12-19-35(33)43-40(39)42(36)25-29/h3-25H,2H2,1H3/b5-3-,26-13+. The van der Waals surface area contributed by atoms with Crippen molar-refractivity contribution in [2.45, 2.75) is 6.92 Å². The van der Waals surface area contributed by atoms with E-state index in [4.69, 9.17) is 4.98 Å². The Morgan fingerprint density at radius 3 is 2.26 bits per heavy atom. The summed E-state index contributed by atoms with van der Waals surface area (Å²) in [5.41, 5.74) is 9.15. The van der Waals surface area contributed by atoms with Crippen LogP contribution in [-0.4, -0.2) is 9.38 Å². The van der Waals surface area contributed by atoms with E-state index in [0.717, 1.165) is 22.3 Å². The Kier molecular flexibility index (Phi) is 6.06. The number of nitrogens with zero attached hydrogens (tertiary/aromatic N) is 2.